The Hall–Kier alpha value is -9.01. The highest BCUT2D eigenvalue weighted by atomic mass is 16.4. The van der Waals surface area contributed by atoms with Gasteiger partial charge in [-0.25, -0.2) is 0 Å². The van der Waals surface area contributed by atoms with Gasteiger partial charge in [0.15, 0.2) is 5.92 Å². The molecule has 10 atom stereocenters. The number of aliphatic carboxylic acids is 4. The van der Waals surface area contributed by atoms with Crippen LogP contribution in [0.2, 0.25) is 0 Å². The third-order valence-corrected chi connectivity index (χ3v) is 19.6. The molecular weight excluding hydrogens is 1330 g/mol. The van der Waals surface area contributed by atoms with Crippen LogP contribution < -0.4 is 70.0 Å². The largest absolute Gasteiger partial charge is 0.481 e. The monoisotopic (exact) mass is 1440 g/mol. The van der Waals surface area contributed by atoms with E-state index in [2.05, 4.69) is 58.5 Å². The Morgan fingerprint density at radius 1 is 0.539 bits per heavy atom. The van der Waals surface area contributed by atoms with Gasteiger partial charge in [0.1, 0.15) is 59.4 Å². The maximum atomic E-state index is 15.4. The van der Waals surface area contributed by atoms with E-state index < -0.39 is 203 Å². The molecule has 0 aromatic rings. The zero-order valence-corrected chi connectivity index (χ0v) is 59.9. The van der Waals surface area contributed by atoms with Gasteiger partial charge in [0, 0.05) is 25.2 Å². The smallest absolute Gasteiger partial charge is 0.317 e. The van der Waals surface area contributed by atoms with Gasteiger partial charge in [-0.3, -0.25) is 81.5 Å². The molecule has 4 aliphatic carbocycles. The number of carboxylic acids is 4. The quantitative estimate of drug-likeness (QED) is 0.0383. The normalized spacial score (nSPS) is 25.4. The SMILES string of the molecule is CC(=O)N[C@@H](CCC(N)=O)C(=O)NCC(=O)N[C@@]1(C)CCCCCCCCCCCC[C@@](C)(C(=O)N[C@@H](CC(C)C)C(=O)N[C@@H](CC(=O)O)C(=O)N[C@@H](CC(C)C)C(=O)N[C@@H](C)C(=O)N[C@@H](CC(C(=O)O)C(=O)O)C(N)=O)NC(=O)[C@H](CC(=O)O)NC(=O)[C@H](C23CC4CC(CC(C4)C2)C3)NC1=O. The van der Waals surface area contributed by atoms with Crippen molar-refractivity contribution in [1.29, 1.82) is 0 Å². The summed E-state index contributed by atoms with van der Waals surface area (Å²) in [6.07, 6.45) is 7.07. The minimum atomic E-state index is -2.15. The lowest BCUT2D eigenvalue weighted by atomic mass is 9.47. The number of hydrogen-bond acceptors (Lipinski definition) is 17. The van der Waals surface area contributed by atoms with Gasteiger partial charge >= 0.3 is 23.9 Å². The van der Waals surface area contributed by atoms with Crippen molar-refractivity contribution in [2.24, 2.45) is 52.4 Å². The predicted molar refractivity (Wildman–Crippen MR) is 363 cm³/mol. The molecule has 1 aliphatic heterocycles. The molecule has 102 heavy (non-hydrogen) atoms. The standard InChI is InChI=1S/C68H109N13O21/c1-35(2)23-45(57(92)72-37(5)55(90)74-44(54(70)89)28-42(62(97)98)63(99)100)75-59(94)47(29-51(85)86)76-58(93)46(24-36(3)4)78-64(101)67(8)22-18-16-14-12-10-9-11-13-15-17-21-66(7,80-50(84)34-71-56(91)43(73-38(6)82)19-20-49(69)83)65(102)79-53(61(96)77-48(30-52(87)88)60(95)81-67)68-31-39-25-40(32-68)27-41(26-39)33-68/h35-37,39-48,53H,9-34H2,1-8H3,(H2,69,83)(H2,70,89)(H,71,91)(H,72,92)(H,73,82)(H,74,90)(H,75,94)(H,76,93)(H,77,96)(H,78,101)(H,79,102)(H,80,84)(H,81,95)(H,85,86)(H,87,88)(H,97,98)(H,99,100)/t37-,39?,40?,41?,43-,44-,45-,46-,47-,48-,53+,66-,67-,68?/m0/s1. The average molecular weight is 1440 g/mol. The summed E-state index contributed by atoms with van der Waals surface area (Å²) in [6, 6.07) is -12.9. The number of carbonyl (C=O) groups is 17. The van der Waals surface area contributed by atoms with Gasteiger partial charge in [0.2, 0.25) is 76.8 Å². The molecule has 13 amide bonds. The van der Waals surface area contributed by atoms with E-state index in [0.717, 1.165) is 58.3 Å². The van der Waals surface area contributed by atoms with Gasteiger partial charge in [-0.1, -0.05) is 91.9 Å². The Bertz CT molecular complexity index is 3040. The Balaban J connectivity index is 1.68. The number of carbonyl (C=O) groups excluding carboxylic acids is 13. The summed E-state index contributed by atoms with van der Waals surface area (Å²) < 4.78 is 0. The zero-order chi connectivity index (χ0) is 76.6. The summed E-state index contributed by atoms with van der Waals surface area (Å²) in [5, 5.41) is 67.0. The molecule has 0 unspecified atom stereocenters. The first-order valence-electron chi connectivity index (χ1n) is 35.4. The Kier molecular flexibility index (Phi) is 33.0. The van der Waals surface area contributed by atoms with Crippen LogP contribution in [0.15, 0.2) is 0 Å². The van der Waals surface area contributed by atoms with Crippen LogP contribution >= 0.6 is 0 Å². The van der Waals surface area contributed by atoms with Gasteiger partial charge in [-0.2, -0.15) is 0 Å². The van der Waals surface area contributed by atoms with Crippen LogP contribution in [0.5, 0.6) is 0 Å². The minimum absolute atomic E-state index is 0.0697. The number of nitrogens with one attached hydrogen (secondary N) is 11. The maximum absolute atomic E-state index is 15.4. The third kappa shape index (κ3) is 27.1. The van der Waals surface area contributed by atoms with Crippen LogP contribution in [0.4, 0.5) is 0 Å². The van der Waals surface area contributed by atoms with Crippen LogP contribution in [-0.4, -0.2) is 187 Å². The summed E-state index contributed by atoms with van der Waals surface area (Å²) in [7, 11) is 0. The number of hydrogen-bond donors (Lipinski definition) is 17. The van der Waals surface area contributed by atoms with Crippen molar-refractivity contribution in [2.75, 3.05) is 6.54 Å². The zero-order valence-electron chi connectivity index (χ0n) is 59.9. The van der Waals surface area contributed by atoms with Crippen LogP contribution in [0.1, 0.15) is 216 Å². The fourth-order valence-corrected chi connectivity index (χ4v) is 14.7. The van der Waals surface area contributed by atoms with Crippen molar-refractivity contribution in [1.82, 2.24) is 58.5 Å². The van der Waals surface area contributed by atoms with Crippen LogP contribution in [0.25, 0.3) is 0 Å². The van der Waals surface area contributed by atoms with Gasteiger partial charge in [-0.05, 0) is 121 Å². The summed E-state index contributed by atoms with van der Waals surface area (Å²) >= 11 is 0. The minimum Gasteiger partial charge on any atom is -0.481 e. The highest BCUT2D eigenvalue weighted by Gasteiger charge is 2.58. The molecule has 4 saturated carbocycles. The van der Waals surface area contributed by atoms with Crippen molar-refractivity contribution >= 4 is 101 Å². The Morgan fingerprint density at radius 2 is 1.02 bits per heavy atom. The average Bonchev–Trinajstić information content (AvgIpc) is 0.732. The van der Waals surface area contributed by atoms with Crippen molar-refractivity contribution in [3.63, 3.8) is 0 Å². The van der Waals surface area contributed by atoms with Crippen molar-refractivity contribution in [3.05, 3.63) is 0 Å². The van der Waals surface area contributed by atoms with E-state index in [1.54, 1.807) is 27.7 Å². The van der Waals surface area contributed by atoms with E-state index in [4.69, 9.17) is 11.5 Å². The lowest BCUT2D eigenvalue weighted by Crippen LogP contribution is -2.68. The number of carboxylic acid groups (broad SMARTS) is 4. The molecule has 0 radical (unpaired) electrons. The molecule has 5 aliphatic rings. The fraction of sp³-hybridized carbons (Fsp3) is 0.750. The van der Waals surface area contributed by atoms with Gasteiger partial charge < -0.3 is 90.4 Å². The Morgan fingerprint density at radius 3 is 1.50 bits per heavy atom. The molecule has 1 saturated heterocycles. The second-order valence-electron chi connectivity index (χ2n) is 29.7. The van der Waals surface area contributed by atoms with Crippen LogP contribution in [0.3, 0.4) is 0 Å². The molecule has 0 aromatic heterocycles. The van der Waals surface area contributed by atoms with Crippen molar-refractivity contribution < 1.29 is 102 Å². The molecular formula is C68H109N13O21. The number of rotatable bonds is 32. The van der Waals surface area contributed by atoms with Gasteiger partial charge in [-0.15, -0.1) is 0 Å². The van der Waals surface area contributed by atoms with E-state index >= 15 is 14.4 Å². The maximum Gasteiger partial charge on any atom is 0.317 e. The van der Waals surface area contributed by atoms with E-state index in [0.29, 0.717) is 51.4 Å². The fourth-order valence-electron chi connectivity index (χ4n) is 14.7. The summed E-state index contributed by atoms with van der Waals surface area (Å²) in [5.41, 5.74) is 5.99. The molecule has 5 fully saturated rings. The highest BCUT2D eigenvalue weighted by Crippen LogP contribution is 2.61. The highest BCUT2D eigenvalue weighted by molar-refractivity contribution is 6.02. The lowest BCUT2D eigenvalue weighted by molar-refractivity contribution is -0.156. The van der Waals surface area contributed by atoms with E-state index in [-0.39, 0.29) is 62.2 Å². The third-order valence-electron chi connectivity index (χ3n) is 19.6. The van der Waals surface area contributed by atoms with E-state index in [1.807, 2.05) is 0 Å². The molecule has 34 heteroatoms. The van der Waals surface area contributed by atoms with E-state index in [1.165, 1.54) is 20.8 Å². The topological polar surface area (TPSA) is 555 Å². The summed E-state index contributed by atoms with van der Waals surface area (Å²) in [6.45, 7) is 11.2. The lowest BCUT2D eigenvalue weighted by Gasteiger charge is -2.59. The van der Waals surface area contributed by atoms with Gasteiger partial charge in [0.25, 0.3) is 0 Å². The first kappa shape index (κ1) is 85.4. The number of nitrogens with two attached hydrogens (primary N) is 2. The Labute approximate surface area is 593 Å². The van der Waals surface area contributed by atoms with Crippen LogP contribution in [-0.2, 0) is 81.5 Å². The second kappa shape index (κ2) is 39.4. The summed E-state index contributed by atoms with van der Waals surface area (Å²) in [5.74, 6) is -21.6. The predicted octanol–water partition coefficient (Wildman–Crippen LogP) is -0.350. The number of amides is 13. The molecule has 0 aromatic carbocycles. The van der Waals surface area contributed by atoms with Gasteiger partial charge in [0.05, 0.1) is 19.4 Å². The second-order valence-corrected chi connectivity index (χ2v) is 29.7. The molecule has 4 bridgehead atoms. The molecule has 0 spiro atoms. The molecule has 19 N–H and O–H groups in total. The van der Waals surface area contributed by atoms with Crippen molar-refractivity contribution in [2.45, 2.75) is 275 Å². The van der Waals surface area contributed by atoms with E-state index in [9.17, 15) is 87.5 Å². The molecule has 34 nitrogen and oxygen atoms in total. The molecule has 572 valence electrons. The molecule has 5 rings (SSSR count). The first-order valence-corrected chi connectivity index (χ1v) is 35.4. The van der Waals surface area contributed by atoms with Crippen LogP contribution in [0, 0.1) is 40.9 Å². The summed E-state index contributed by atoms with van der Waals surface area (Å²) in [4.78, 5) is 228. The molecule has 1 heterocycles. The first-order chi connectivity index (χ1) is 47.7. The van der Waals surface area contributed by atoms with Crippen molar-refractivity contribution in [3.8, 4) is 0 Å². The number of primary amides is 2.